The molecule has 0 fully saturated rings. The lowest BCUT2D eigenvalue weighted by Crippen LogP contribution is -2.17. The normalized spacial score (nSPS) is 11.6. The lowest BCUT2D eigenvalue weighted by Gasteiger charge is -2.27. The SMILES string of the molecule is c1ccc(-c2ccc(N(Cc3ccccc3-c3ccccc3)c3cccc4oc5cc(-c6ccc7c8ccccc8n(-c8ccccc8)c7c6)c6ccccc6c5c34)cc2)cc1. The molecule has 62 heavy (non-hydrogen) atoms. The molecule has 0 saturated carbocycles. The van der Waals surface area contributed by atoms with Gasteiger partial charge in [-0.05, 0) is 104 Å². The highest BCUT2D eigenvalue weighted by Crippen LogP contribution is 2.46. The zero-order valence-corrected chi connectivity index (χ0v) is 33.9. The average molecular weight is 793 g/mol. The number of aromatic nitrogens is 1. The second-order valence-electron chi connectivity index (χ2n) is 16.0. The maximum Gasteiger partial charge on any atom is 0.137 e. The molecule has 10 aromatic carbocycles. The molecule has 0 unspecified atom stereocenters. The van der Waals surface area contributed by atoms with E-state index in [2.05, 4.69) is 240 Å². The van der Waals surface area contributed by atoms with Gasteiger partial charge in [-0.15, -0.1) is 0 Å². The fourth-order valence-electron chi connectivity index (χ4n) is 9.63. The molecule has 0 aliphatic heterocycles. The van der Waals surface area contributed by atoms with E-state index in [1.54, 1.807) is 0 Å². The minimum Gasteiger partial charge on any atom is -0.456 e. The molecule has 12 rings (SSSR count). The molecule has 0 N–H and O–H groups in total. The van der Waals surface area contributed by atoms with Gasteiger partial charge in [-0.25, -0.2) is 0 Å². The van der Waals surface area contributed by atoms with Gasteiger partial charge in [0.05, 0.1) is 22.1 Å². The van der Waals surface area contributed by atoms with E-state index in [1.165, 1.54) is 60.4 Å². The minimum atomic E-state index is 0.660. The van der Waals surface area contributed by atoms with Crippen LogP contribution in [0.5, 0.6) is 0 Å². The van der Waals surface area contributed by atoms with Gasteiger partial charge in [-0.3, -0.25) is 0 Å². The van der Waals surface area contributed by atoms with Crippen LogP contribution in [0.25, 0.3) is 93.6 Å². The van der Waals surface area contributed by atoms with Crippen molar-refractivity contribution in [3.63, 3.8) is 0 Å². The number of anilines is 2. The first-order valence-corrected chi connectivity index (χ1v) is 21.3. The van der Waals surface area contributed by atoms with Crippen LogP contribution >= 0.6 is 0 Å². The highest BCUT2D eigenvalue weighted by atomic mass is 16.3. The Labute approximate surface area is 360 Å². The van der Waals surface area contributed by atoms with Gasteiger partial charge in [-0.2, -0.15) is 0 Å². The van der Waals surface area contributed by atoms with Gasteiger partial charge in [-0.1, -0.05) is 176 Å². The Bertz CT molecular complexity index is 3590. The van der Waals surface area contributed by atoms with E-state index < -0.39 is 0 Å². The summed E-state index contributed by atoms with van der Waals surface area (Å²) in [6.45, 7) is 0.660. The zero-order chi connectivity index (χ0) is 41.0. The van der Waals surface area contributed by atoms with E-state index in [4.69, 9.17) is 4.42 Å². The van der Waals surface area contributed by atoms with Gasteiger partial charge >= 0.3 is 0 Å². The molecular weight excluding hydrogens is 753 g/mol. The Morgan fingerprint density at radius 1 is 0.371 bits per heavy atom. The predicted molar refractivity (Wildman–Crippen MR) is 261 cm³/mol. The monoisotopic (exact) mass is 792 g/mol. The summed E-state index contributed by atoms with van der Waals surface area (Å²) in [4.78, 5) is 2.47. The lowest BCUT2D eigenvalue weighted by atomic mass is 9.93. The minimum absolute atomic E-state index is 0.660. The summed E-state index contributed by atoms with van der Waals surface area (Å²) < 4.78 is 9.35. The van der Waals surface area contributed by atoms with Crippen molar-refractivity contribution >= 4 is 65.9 Å². The Morgan fingerprint density at radius 2 is 0.984 bits per heavy atom. The molecule has 0 radical (unpaired) electrons. The quantitative estimate of drug-likeness (QED) is 0.153. The van der Waals surface area contributed by atoms with Crippen molar-refractivity contribution in [2.24, 2.45) is 0 Å². The second-order valence-corrected chi connectivity index (χ2v) is 16.0. The highest BCUT2D eigenvalue weighted by molar-refractivity contribution is 6.25. The Morgan fingerprint density at radius 3 is 1.77 bits per heavy atom. The molecule has 0 saturated heterocycles. The number of fused-ring (bicyclic) bond motifs is 8. The summed E-state index contributed by atoms with van der Waals surface area (Å²) in [6, 6.07) is 83.0. The van der Waals surface area contributed by atoms with Crippen LogP contribution in [0.4, 0.5) is 11.4 Å². The van der Waals surface area contributed by atoms with E-state index in [9.17, 15) is 0 Å². The first kappa shape index (κ1) is 35.8. The third-order valence-electron chi connectivity index (χ3n) is 12.5. The van der Waals surface area contributed by atoms with E-state index in [-0.39, 0.29) is 0 Å². The van der Waals surface area contributed by atoms with Crippen LogP contribution in [0.15, 0.2) is 235 Å². The van der Waals surface area contributed by atoms with E-state index in [0.717, 1.165) is 50.1 Å². The maximum atomic E-state index is 6.97. The third kappa shape index (κ3) is 5.97. The smallest absolute Gasteiger partial charge is 0.137 e. The van der Waals surface area contributed by atoms with Gasteiger partial charge in [0.25, 0.3) is 0 Å². The molecule has 0 bridgehead atoms. The maximum absolute atomic E-state index is 6.97. The molecular formula is C59H40N2O. The van der Waals surface area contributed by atoms with Crippen molar-refractivity contribution in [2.75, 3.05) is 4.90 Å². The predicted octanol–water partition coefficient (Wildman–Crippen LogP) is 16.2. The summed E-state index contributed by atoms with van der Waals surface area (Å²) in [7, 11) is 0. The molecule has 3 heteroatoms. The Kier molecular flexibility index (Phi) is 8.57. The van der Waals surface area contributed by atoms with Gasteiger partial charge in [0.2, 0.25) is 0 Å². The van der Waals surface area contributed by atoms with E-state index >= 15 is 0 Å². The summed E-state index contributed by atoms with van der Waals surface area (Å²) >= 11 is 0. The molecule has 2 aromatic heterocycles. The molecule has 3 nitrogen and oxygen atoms in total. The van der Waals surface area contributed by atoms with Crippen LogP contribution in [0.3, 0.4) is 0 Å². The van der Waals surface area contributed by atoms with Gasteiger partial charge in [0, 0.05) is 34.1 Å². The second kappa shape index (κ2) is 14.8. The number of benzene rings is 10. The van der Waals surface area contributed by atoms with Crippen LogP contribution in [-0.4, -0.2) is 4.57 Å². The molecule has 0 spiro atoms. The van der Waals surface area contributed by atoms with Crippen molar-refractivity contribution in [3.05, 3.63) is 236 Å². The first-order valence-electron chi connectivity index (χ1n) is 21.3. The van der Waals surface area contributed by atoms with Crippen LogP contribution in [0.1, 0.15) is 5.56 Å². The molecule has 0 atom stereocenters. The summed E-state index contributed by atoms with van der Waals surface area (Å²) in [5.74, 6) is 0. The number of hydrogen-bond donors (Lipinski definition) is 0. The first-order chi connectivity index (χ1) is 30.8. The van der Waals surface area contributed by atoms with Crippen molar-refractivity contribution < 1.29 is 4.42 Å². The number of nitrogens with zero attached hydrogens (tertiary/aromatic N) is 2. The van der Waals surface area contributed by atoms with Crippen molar-refractivity contribution in [1.29, 1.82) is 0 Å². The molecule has 2 heterocycles. The Hall–Kier alpha value is -8.14. The molecule has 0 aliphatic carbocycles. The van der Waals surface area contributed by atoms with E-state index in [1.807, 2.05) is 0 Å². The third-order valence-corrected chi connectivity index (χ3v) is 12.5. The van der Waals surface area contributed by atoms with Crippen molar-refractivity contribution in [1.82, 2.24) is 4.57 Å². The topological polar surface area (TPSA) is 21.3 Å². The largest absolute Gasteiger partial charge is 0.456 e. The number of hydrogen-bond acceptors (Lipinski definition) is 2. The number of rotatable bonds is 8. The average Bonchev–Trinajstić information content (AvgIpc) is 3.90. The standard InChI is InChI=1S/C59H40N2O/c1-4-17-40(18-5-1)41-31-34-45(35-32-41)60(39-44-21-10-11-24-47(44)42-19-6-2-7-20-42)54-29-16-30-56-59(54)58-51-27-13-12-25-48(51)52(38-57(58)62-56)43-33-36-50-49-26-14-15-28-53(49)61(55(50)37-43)46-22-8-3-9-23-46/h1-38H,39H2. The summed E-state index contributed by atoms with van der Waals surface area (Å²) in [5.41, 5.74) is 15.8. The van der Waals surface area contributed by atoms with Gasteiger partial charge in [0.1, 0.15) is 11.2 Å². The van der Waals surface area contributed by atoms with Gasteiger partial charge < -0.3 is 13.9 Å². The van der Waals surface area contributed by atoms with E-state index in [0.29, 0.717) is 6.54 Å². The highest BCUT2D eigenvalue weighted by Gasteiger charge is 2.23. The fraction of sp³-hybridized carbons (Fsp3) is 0.0169. The van der Waals surface area contributed by atoms with Crippen LogP contribution in [-0.2, 0) is 6.54 Å². The van der Waals surface area contributed by atoms with Gasteiger partial charge in [0.15, 0.2) is 0 Å². The van der Waals surface area contributed by atoms with Crippen molar-refractivity contribution in [3.8, 4) is 39.1 Å². The van der Waals surface area contributed by atoms with Crippen LogP contribution < -0.4 is 4.90 Å². The van der Waals surface area contributed by atoms with Crippen molar-refractivity contribution in [2.45, 2.75) is 6.54 Å². The Balaban J connectivity index is 1.06. The zero-order valence-electron chi connectivity index (χ0n) is 33.9. The fourth-order valence-corrected chi connectivity index (χ4v) is 9.63. The lowest BCUT2D eigenvalue weighted by molar-refractivity contribution is 0.669. The number of furan rings is 1. The molecule has 12 aromatic rings. The summed E-state index contributed by atoms with van der Waals surface area (Å²) in [5, 5.41) is 7.06. The van der Waals surface area contributed by atoms with Crippen LogP contribution in [0, 0.1) is 0 Å². The molecule has 292 valence electrons. The van der Waals surface area contributed by atoms with Crippen LogP contribution in [0.2, 0.25) is 0 Å². The summed E-state index contributed by atoms with van der Waals surface area (Å²) in [6.07, 6.45) is 0. The molecule has 0 amide bonds. The number of para-hydroxylation sites is 2. The molecule has 0 aliphatic rings.